The van der Waals surface area contributed by atoms with E-state index in [0.29, 0.717) is 24.8 Å². The first kappa shape index (κ1) is 17.5. The van der Waals surface area contributed by atoms with Crippen molar-refractivity contribution in [3.63, 3.8) is 0 Å². The van der Waals surface area contributed by atoms with E-state index in [-0.39, 0.29) is 24.7 Å². The molecule has 1 saturated heterocycles. The molecule has 0 aliphatic carbocycles. The predicted octanol–water partition coefficient (Wildman–Crippen LogP) is 2.10. The second kappa shape index (κ2) is 7.31. The van der Waals surface area contributed by atoms with Crippen LogP contribution in [-0.2, 0) is 16.1 Å². The van der Waals surface area contributed by atoms with Gasteiger partial charge in [-0.2, -0.15) is 4.80 Å². The van der Waals surface area contributed by atoms with Crippen molar-refractivity contribution in [1.29, 1.82) is 0 Å². The maximum Gasteiger partial charge on any atom is 0.246 e. The van der Waals surface area contributed by atoms with Crippen molar-refractivity contribution in [2.24, 2.45) is 0 Å². The topological polar surface area (TPSA) is 73.1 Å². The van der Waals surface area contributed by atoms with Gasteiger partial charge in [0.15, 0.2) is 0 Å². The van der Waals surface area contributed by atoms with Gasteiger partial charge in [-0.3, -0.25) is 4.79 Å². The van der Waals surface area contributed by atoms with Crippen molar-refractivity contribution in [1.82, 2.24) is 25.1 Å². The summed E-state index contributed by atoms with van der Waals surface area (Å²) in [6, 6.07) is 8.12. The van der Waals surface area contributed by atoms with Crippen LogP contribution in [0.3, 0.4) is 0 Å². The zero-order valence-corrected chi connectivity index (χ0v) is 15.2. The Morgan fingerprint density at radius 2 is 1.84 bits per heavy atom. The molecular formula is C18H25N5O2. The van der Waals surface area contributed by atoms with Crippen LogP contribution in [-0.4, -0.2) is 56.3 Å². The number of hydrogen-bond donors (Lipinski definition) is 0. The third kappa shape index (κ3) is 4.22. The number of hydrogen-bond acceptors (Lipinski definition) is 5. The van der Waals surface area contributed by atoms with Crippen LogP contribution >= 0.6 is 0 Å². The summed E-state index contributed by atoms with van der Waals surface area (Å²) < 4.78 is 5.66. The lowest BCUT2D eigenvalue weighted by Gasteiger charge is -2.35. The number of carbonyl (C=O) groups is 1. The maximum atomic E-state index is 12.5. The average molecular weight is 343 g/mol. The third-order valence-corrected chi connectivity index (χ3v) is 4.34. The lowest BCUT2D eigenvalue weighted by Crippen LogP contribution is -2.49. The van der Waals surface area contributed by atoms with Gasteiger partial charge in [0.25, 0.3) is 0 Å². The fourth-order valence-corrected chi connectivity index (χ4v) is 3.05. The maximum absolute atomic E-state index is 12.5. The van der Waals surface area contributed by atoms with Crippen molar-refractivity contribution in [2.75, 3.05) is 13.1 Å². The van der Waals surface area contributed by atoms with Crippen LogP contribution in [0.4, 0.5) is 0 Å². The zero-order valence-electron chi connectivity index (χ0n) is 15.2. The Hall–Kier alpha value is -2.28. The first-order valence-electron chi connectivity index (χ1n) is 8.73. The number of nitrogens with zero attached hydrogens (tertiary/aromatic N) is 5. The van der Waals surface area contributed by atoms with Crippen LogP contribution in [0.25, 0.3) is 11.4 Å². The lowest BCUT2D eigenvalue weighted by atomic mass is 10.0. The molecule has 0 N–H and O–H groups in total. The van der Waals surface area contributed by atoms with E-state index in [1.807, 2.05) is 26.0 Å². The molecule has 0 saturated carbocycles. The van der Waals surface area contributed by atoms with E-state index in [0.717, 1.165) is 5.56 Å². The highest BCUT2D eigenvalue weighted by molar-refractivity contribution is 5.76. The summed E-state index contributed by atoms with van der Waals surface area (Å²) in [6.45, 7) is 9.55. The molecule has 25 heavy (non-hydrogen) atoms. The van der Waals surface area contributed by atoms with Gasteiger partial charge in [0.1, 0.15) is 6.54 Å². The van der Waals surface area contributed by atoms with E-state index in [9.17, 15) is 4.79 Å². The van der Waals surface area contributed by atoms with Crippen LogP contribution in [0, 0.1) is 0 Å². The first-order chi connectivity index (χ1) is 11.9. The van der Waals surface area contributed by atoms with Gasteiger partial charge >= 0.3 is 0 Å². The molecule has 0 spiro atoms. The highest BCUT2D eigenvalue weighted by atomic mass is 16.5. The van der Waals surface area contributed by atoms with Crippen LogP contribution < -0.4 is 0 Å². The molecule has 1 aromatic heterocycles. The largest absolute Gasteiger partial charge is 0.372 e. The normalized spacial score (nSPS) is 20.9. The summed E-state index contributed by atoms with van der Waals surface area (Å²) in [5.41, 5.74) is 2.17. The number of rotatable bonds is 4. The molecule has 1 fully saturated rings. The molecule has 1 aliphatic heterocycles. The number of ether oxygens (including phenoxy) is 1. The number of carbonyl (C=O) groups excluding carboxylic acids is 1. The van der Waals surface area contributed by atoms with E-state index in [1.54, 1.807) is 4.90 Å². The number of tetrazole rings is 1. The van der Waals surface area contributed by atoms with Crippen molar-refractivity contribution in [3.05, 3.63) is 29.8 Å². The van der Waals surface area contributed by atoms with Gasteiger partial charge in [-0.15, -0.1) is 10.2 Å². The van der Waals surface area contributed by atoms with E-state index < -0.39 is 0 Å². The van der Waals surface area contributed by atoms with Crippen molar-refractivity contribution in [3.8, 4) is 11.4 Å². The minimum Gasteiger partial charge on any atom is -0.372 e. The second-order valence-electron chi connectivity index (χ2n) is 6.98. The Morgan fingerprint density at radius 1 is 1.20 bits per heavy atom. The Kier molecular flexibility index (Phi) is 5.13. The summed E-state index contributed by atoms with van der Waals surface area (Å²) in [5.74, 6) is 1.00. The molecule has 0 bridgehead atoms. The molecule has 1 aromatic carbocycles. The fourth-order valence-electron chi connectivity index (χ4n) is 3.05. The van der Waals surface area contributed by atoms with Crippen LogP contribution in [0.15, 0.2) is 24.3 Å². The summed E-state index contributed by atoms with van der Waals surface area (Å²) in [7, 11) is 0. The molecule has 2 aromatic rings. The SMILES string of the molecule is CC(C)c1ccc(-c2nnn(CC(=O)N3C[C@H](C)O[C@@H](C)C3)n2)cc1. The Morgan fingerprint density at radius 3 is 2.44 bits per heavy atom. The number of benzene rings is 1. The first-order valence-corrected chi connectivity index (χ1v) is 8.73. The van der Waals surface area contributed by atoms with Crippen molar-refractivity contribution < 1.29 is 9.53 Å². The minimum atomic E-state index is -0.0129. The number of amides is 1. The molecule has 0 radical (unpaired) electrons. The van der Waals surface area contributed by atoms with E-state index in [2.05, 4.69) is 41.4 Å². The third-order valence-electron chi connectivity index (χ3n) is 4.34. The van der Waals surface area contributed by atoms with Gasteiger partial charge in [-0.05, 0) is 30.5 Å². The van der Waals surface area contributed by atoms with Gasteiger partial charge in [0.05, 0.1) is 12.2 Å². The molecule has 0 unspecified atom stereocenters. The molecule has 3 rings (SSSR count). The average Bonchev–Trinajstić information content (AvgIpc) is 3.02. The molecule has 2 heterocycles. The second-order valence-corrected chi connectivity index (χ2v) is 6.98. The quantitative estimate of drug-likeness (QED) is 0.850. The standard InChI is InChI=1S/C18H25N5O2/c1-12(2)15-5-7-16(8-6-15)18-19-21-23(20-18)11-17(24)22-9-13(3)25-14(4)10-22/h5-8,12-14H,9-11H2,1-4H3/t13-,14-/m0/s1. The highest BCUT2D eigenvalue weighted by Crippen LogP contribution is 2.19. The Bertz CT molecular complexity index is 715. The predicted molar refractivity (Wildman–Crippen MR) is 93.9 cm³/mol. The highest BCUT2D eigenvalue weighted by Gasteiger charge is 2.26. The summed E-state index contributed by atoms with van der Waals surface area (Å²) in [4.78, 5) is 15.6. The van der Waals surface area contributed by atoms with Gasteiger partial charge in [-0.1, -0.05) is 38.1 Å². The summed E-state index contributed by atoms with van der Waals surface area (Å²) in [5, 5.41) is 12.4. The smallest absolute Gasteiger partial charge is 0.246 e. The number of morpholine rings is 1. The fraction of sp³-hybridized carbons (Fsp3) is 0.556. The molecule has 1 aliphatic rings. The van der Waals surface area contributed by atoms with Gasteiger partial charge in [0, 0.05) is 18.7 Å². The molecule has 2 atom stereocenters. The summed E-state index contributed by atoms with van der Waals surface area (Å²) >= 11 is 0. The van der Waals surface area contributed by atoms with Gasteiger partial charge in [0.2, 0.25) is 11.7 Å². The minimum absolute atomic E-state index is 0.0129. The Balaban J connectivity index is 1.66. The molecule has 7 nitrogen and oxygen atoms in total. The van der Waals surface area contributed by atoms with E-state index in [1.165, 1.54) is 10.4 Å². The molecular weight excluding hydrogens is 318 g/mol. The lowest BCUT2D eigenvalue weighted by molar-refractivity contribution is -0.144. The van der Waals surface area contributed by atoms with Crippen LogP contribution in [0.1, 0.15) is 39.2 Å². The molecule has 7 heteroatoms. The van der Waals surface area contributed by atoms with Gasteiger partial charge < -0.3 is 9.64 Å². The van der Waals surface area contributed by atoms with Crippen molar-refractivity contribution in [2.45, 2.75) is 52.4 Å². The molecule has 134 valence electrons. The van der Waals surface area contributed by atoms with Crippen molar-refractivity contribution >= 4 is 5.91 Å². The van der Waals surface area contributed by atoms with E-state index in [4.69, 9.17) is 4.74 Å². The zero-order chi connectivity index (χ0) is 18.0. The van der Waals surface area contributed by atoms with Crippen LogP contribution in [0.5, 0.6) is 0 Å². The van der Waals surface area contributed by atoms with E-state index >= 15 is 0 Å². The van der Waals surface area contributed by atoms with Crippen LogP contribution in [0.2, 0.25) is 0 Å². The Labute approximate surface area is 148 Å². The van der Waals surface area contributed by atoms with Gasteiger partial charge in [-0.25, -0.2) is 0 Å². The summed E-state index contributed by atoms with van der Waals surface area (Å²) in [6.07, 6.45) is 0.0953. The molecule has 1 amide bonds. The monoisotopic (exact) mass is 343 g/mol. The number of aromatic nitrogens is 4.